The lowest BCUT2D eigenvalue weighted by molar-refractivity contribution is -0.145. The number of nitrogens with one attached hydrogen (secondary N) is 1. The monoisotopic (exact) mass is 590 g/mol. The molecule has 5 rings (SSSR count). The van der Waals surface area contributed by atoms with Gasteiger partial charge in [-0.3, -0.25) is 14.3 Å². The van der Waals surface area contributed by atoms with Gasteiger partial charge in [0.2, 0.25) is 0 Å². The van der Waals surface area contributed by atoms with E-state index >= 15 is 0 Å². The quantitative estimate of drug-likeness (QED) is 0.160. The number of aliphatic hydroxyl groups is 1. The molecule has 12 heteroatoms. The Morgan fingerprint density at radius 1 is 1.26 bits per heavy atom. The third kappa shape index (κ3) is 5.26. The van der Waals surface area contributed by atoms with Crippen molar-refractivity contribution in [2.75, 3.05) is 29.1 Å². The molecule has 0 unspecified atom stereocenters. The van der Waals surface area contributed by atoms with E-state index in [0.717, 1.165) is 0 Å². The summed E-state index contributed by atoms with van der Waals surface area (Å²) in [5.74, 6) is -0.854. The fourth-order valence-electron chi connectivity index (χ4n) is 6.51. The first-order valence-corrected chi connectivity index (χ1v) is 17.2. The summed E-state index contributed by atoms with van der Waals surface area (Å²) in [6, 6.07) is 12.0. The number of carbonyl (C=O) groups is 2. The number of nitrogens with zero attached hydrogens (tertiary/aromatic N) is 4. The molecule has 1 saturated heterocycles. The third-order valence-electron chi connectivity index (χ3n) is 8.32. The Bertz CT molecular complexity index is 1490. The number of aromatic nitrogens is 3. The normalized spacial score (nSPS) is 23.4. The molecule has 0 aliphatic carbocycles. The van der Waals surface area contributed by atoms with Crippen molar-refractivity contribution in [1.29, 1.82) is 0 Å². The largest absolute Gasteiger partial charge is 0.432 e. The van der Waals surface area contributed by atoms with Crippen LogP contribution in [0.25, 0.3) is 0 Å². The van der Waals surface area contributed by atoms with E-state index in [1.807, 2.05) is 32.2 Å². The first-order valence-electron chi connectivity index (χ1n) is 14.1. The second-order valence-electron chi connectivity index (χ2n) is 11.6. The molecule has 2 aromatic carbocycles. The van der Waals surface area contributed by atoms with E-state index in [1.165, 1.54) is 0 Å². The Labute approximate surface area is 246 Å². The molecule has 1 spiro atoms. The Kier molecular flexibility index (Phi) is 8.08. The summed E-state index contributed by atoms with van der Waals surface area (Å²) in [6.07, 6.45) is 3.96. The van der Waals surface area contributed by atoms with Crippen molar-refractivity contribution < 1.29 is 24.2 Å². The fraction of sp³-hybridized carbons (Fsp3) is 0.400. The number of fused-ring (bicyclic) bond motifs is 2. The highest BCUT2D eigenvalue weighted by atomic mass is 28.4. The van der Waals surface area contributed by atoms with Gasteiger partial charge in [0, 0.05) is 66.3 Å². The topological polar surface area (TPSA) is 156 Å². The van der Waals surface area contributed by atoms with Gasteiger partial charge in [0.25, 0.3) is 11.8 Å². The predicted octanol–water partition coefficient (Wildman–Crippen LogP) is 3.07. The highest BCUT2D eigenvalue weighted by Crippen LogP contribution is 2.60. The predicted molar refractivity (Wildman–Crippen MR) is 162 cm³/mol. The molecule has 1 fully saturated rings. The molecule has 3 heterocycles. The van der Waals surface area contributed by atoms with Gasteiger partial charge >= 0.3 is 0 Å². The van der Waals surface area contributed by atoms with Crippen molar-refractivity contribution in [3.63, 3.8) is 0 Å². The summed E-state index contributed by atoms with van der Waals surface area (Å²) >= 11 is 0. The van der Waals surface area contributed by atoms with Crippen LogP contribution < -0.4 is 16.0 Å². The van der Waals surface area contributed by atoms with Gasteiger partial charge in [-0.25, -0.2) is 0 Å². The summed E-state index contributed by atoms with van der Waals surface area (Å²) in [4.78, 5) is 40.4. The zero-order valence-electron chi connectivity index (χ0n) is 24.2. The van der Waals surface area contributed by atoms with Crippen LogP contribution in [-0.2, 0) is 28.1 Å². The van der Waals surface area contributed by atoms with E-state index in [2.05, 4.69) is 22.2 Å². The van der Waals surface area contributed by atoms with Gasteiger partial charge in [0.15, 0.2) is 13.9 Å². The molecule has 0 radical (unpaired) electrons. The van der Waals surface area contributed by atoms with Crippen LogP contribution in [0.5, 0.6) is 0 Å². The Morgan fingerprint density at radius 3 is 2.67 bits per heavy atom. The number of nitrogens with two attached hydrogens (primary N) is 1. The Hall–Kier alpha value is -3.84. The number of benzene rings is 2. The van der Waals surface area contributed by atoms with Crippen LogP contribution in [0.3, 0.4) is 0 Å². The number of rotatable bonds is 10. The van der Waals surface area contributed by atoms with Crippen LogP contribution in [-0.4, -0.2) is 64.3 Å². The van der Waals surface area contributed by atoms with Gasteiger partial charge < -0.3 is 30.6 Å². The molecule has 0 bridgehead atoms. The average molecular weight is 591 g/mol. The molecule has 4 atom stereocenters. The molecule has 5 N–H and O–H groups in total. The lowest BCUT2D eigenvalue weighted by Crippen LogP contribution is -2.46. The second kappa shape index (κ2) is 11.4. The van der Waals surface area contributed by atoms with Crippen molar-refractivity contribution >= 4 is 37.2 Å². The minimum absolute atomic E-state index is 0.0119. The molecule has 2 aliphatic heterocycles. The van der Waals surface area contributed by atoms with Gasteiger partial charge in [-0.2, -0.15) is 0 Å². The molecule has 3 aromatic rings. The lowest BCUT2D eigenvalue weighted by Gasteiger charge is -2.32. The number of nitrogen functional groups attached to an aromatic ring is 1. The van der Waals surface area contributed by atoms with Crippen molar-refractivity contribution in [2.45, 2.75) is 56.7 Å². The minimum atomic E-state index is -2.84. The first-order chi connectivity index (χ1) is 20.0. The maximum Gasteiger partial charge on any atom is 0.264 e. The summed E-state index contributed by atoms with van der Waals surface area (Å²) in [5.41, 5.74) is 7.76. The Balaban J connectivity index is 1.50. The number of hydrogen-bond acceptors (Lipinski definition) is 8. The molecule has 42 heavy (non-hydrogen) atoms. The van der Waals surface area contributed by atoms with Crippen LogP contribution in [0.1, 0.15) is 35.0 Å². The summed E-state index contributed by atoms with van der Waals surface area (Å²) < 4.78 is 8.53. The van der Waals surface area contributed by atoms with Gasteiger partial charge in [-0.05, 0) is 62.0 Å². The molecule has 1 aromatic heterocycles. The van der Waals surface area contributed by atoms with Gasteiger partial charge in [0.05, 0.1) is 17.5 Å². The number of ether oxygens (including phenoxy) is 1. The van der Waals surface area contributed by atoms with E-state index in [0.29, 0.717) is 59.8 Å². The second-order valence-corrected chi connectivity index (χ2v) is 15.6. The zero-order chi connectivity index (χ0) is 30.2. The Morgan fingerprint density at radius 2 is 2.00 bits per heavy atom. The van der Waals surface area contributed by atoms with Gasteiger partial charge in [0.1, 0.15) is 0 Å². The molecule has 222 valence electrons. The molecule has 2 aliphatic rings. The van der Waals surface area contributed by atoms with Crippen molar-refractivity contribution in [1.82, 2.24) is 15.0 Å². The van der Waals surface area contributed by atoms with Crippen LogP contribution in [0.15, 0.2) is 61.3 Å². The van der Waals surface area contributed by atoms with Crippen molar-refractivity contribution in [3.05, 3.63) is 78.1 Å². The smallest absolute Gasteiger partial charge is 0.264 e. The number of aryl methyl sites for hydroxylation is 1. The number of anilines is 3. The van der Waals surface area contributed by atoms with Crippen LogP contribution in [0.4, 0.5) is 17.1 Å². The summed E-state index contributed by atoms with van der Waals surface area (Å²) in [5, 5.41) is 20.4. The van der Waals surface area contributed by atoms with E-state index < -0.39 is 20.0 Å². The van der Waals surface area contributed by atoms with E-state index in [1.54, 1.807) is 52.2 Å². The summed E-state index contributed by atoms with van der Waals surface area (Å²) in [7, 11) is -2.84. The first kappa shape index (κ1) is 29.6. The van der Waals surface area contributed by atoms with Crippen molar-refractivity contribution in [3.8, 4) is 0 Å². The van der Waals surface area contributed by atoms with Gasteiger partial charge in [-0.1, -0.05) is 18.2 Å². The SMILES string of the molecule is C=CCN1C(=O)[C@]2(O[C@H](CCn3cc(CCO)nn3)[C@@H]([Si](C)(C)O)[C@@H]2C)c2cc(NC(=O)c3ccc(N)cc3)ccc21. The molecule has 0 saturated carbocycles. The zero-order valence-corrected chi connectivity index (χ0v) is 25.2. The average Bonchev–Trinajstić information content (AvgIpc) is 3.58. The standard InChI is InChI=1S/C30H38N6O5Si/c1-5-14-36-25-11-10-22(32-28(38)20-6-8-21(31)9-7-20)17-24(25)30(29(36)39)19(2)27(42(3,4)40)26(41-30)12-15-35-18-23(13-16-37)33-34-35/h5-11,17-19,26-27,37,40H,1,12-16,31H2,2-4H3,(H,32,38)/t19-,26+,27-,30+/m0/s1. The highest BCUT2D eigenvalue weighted by molar-refractivity contribution is 6.71. The minimum Gasteiger partial charge on any atom is -0.432 e. The molecular formula is C30H38N6O5Si. The highest BCUT2D eigenvalue weighted by Gasteiger charge is 2.66. The molecule has 11 nitrogen and oxygen atoms in total. The molecular weight excluding hydrogens is 552 g/mol. The van der Waals surface area contributed by atoms with E-state index in [9.17, 15) is 19.5 Å². The number of hydrogen-bond donors (Lipinski definition) is 4. The molecule has 2 amide bonds. The van der Waals surface area contributed by atoms with Crippen LogP contribution in [0, 0.1) is 5.92 Å². The lowest BCUT2D eigenvalue weighted by atomic mass is 9.82. The summed E-state index contributed by atoms with van der Waals surface area (Å²) in [6.45, 7) is 10.3. The number of amides is 2. The number of aliphatic hydroxyl groups excluding tert-OH is 1. The number of carbonyl (C=O) groups excluding carboxylic acids is 2. The fourth-order valence-corrected chi connectivity index (χ4v) is 9.11. The van der Waals surface area contributed by atoms with E-state index in [-0.39, 0.29) is 29.9 Å². The maximum absolute atomic E-state index is 14.3. The van der Waals surface area contributed by atoms with Crippen LogP contribution >= 0.6 is 0 Å². The van der Waals surface area contributed by atoms with Gasteiger partial charge in [-0.15, -0.1) is 11.7 Å². The van der Waals surface area contributed by atoms with E-state index in [4.69, 9.17) is 10.5 Å². The van der Waals surface area contributed by atoms with Crippen molar-refractivity contribution in [2.24, 2.45) is 5.92 Å². The van der Waals surface area contributed by atoms with Crippen LogP contribution in [0.2, 0.25) is 18.6 Å². The third-order valence-corrected chi connectivity index (χ3v) is 10.8. The maximum atomic E-state index is 14.3.